The number of carbonyl (C=O) groups is 1. The van der Waals surface area contributed by atoms with Crippen molar-refractivity contribution in [1.82, 2.24) is 0 Å². The van der Waals surface area contributed by atoms with Gasteiger partial charge in [0.1, 0.15) is 10.5 Å². The van der Waals surface area contributed by atoms with Crippen molar-refractivity contribution in [2.75, 3.05) is 17.2 Å². The predicted molar refractivity (Wildman–Crippen MR) is 124 cm³/mol. The molecule has 0 fully saturated rings. The number of carbonyl (C=O) groups excluding carboxylic acids is 1. The molecule has 0 amide bonds. The van der Waals surface area contributed by atoms with E-state index in [4.69, 9.17) is 28.6 Å². The molecule has 1 aromatic carbocycles. The van der Waals surface area contributed by atoms with E-state index in [9.17, 15) is 4.79 Å². The van der Waals surface area contributed by atoms with E-state index < -0.39 is 0 Å². The van der Waals surface area contributed by atoms with Crippen LogP contribution in [0.5, 0.6) is 0 Å². The first-order valence-corrected chi connectivity index (χ1v) is 11.2. The van der Waals surface area contributed by atoms with E-state index in [-0.39, 0.29) is 17.0 Å². The third-order valence-corrected chi connectivity index (χ3v) is 6.83. The van der Waals surface area contributed by atoms with Gasteiger partial charge in [-0.25, -0.2) is 4.79 Å². The van der Waals surface area contributed by atoms with Crippen molar-refractivity contribution < 1.29 is 14.8 Å². The Morgan fingerprint density at radius 1 is 1.28 bits per heavy atom. The average molecular weight is 453 g/mol. The van der Waals surface area contributed by atoms with E-state index in [2.05, 4.69) is 43.6 Å². The quantitative estimate of drug-likeness (QED) is 0.470. The zero-order chi connectivity index (χ0) is 21.4. The molecule has 0 saturated carbocycles. The molecule has 29 heavy (non-hydrogen) atoms. The molecule has 8 heteroatoms. The molecule has 0 aliphatic carbocycles. The lowest BCUT2D eigenvalue weighted by Crippen LogP contribution is -3.03. The minimum Gasteiger partial charge on any atom is -0.462 e. The Bertz CT molecular complexity index is 953. The standard InChI is InChI=1S/C21H26ClN3O2S2/c1-6-27-18(26)15-12-11-20(2,3)25-21(4,5)16(12)29-17(15)24-19(28)23-14-10-8-7-9-13(14)22/h7-10,25H,6,11H2,1-5H3,(H2,23,24,28)/p+1. The minimum atomic E-state index is -0.318. The Morgan fingerprint density at radius 3 is 2.62 bits per heavy atom. The minimum absolute atomic E-state index is 0.0214. The van der Waals surface area contributed by atoms with Crippen LogP contribution in [0.2, 0.25) is 5.02 Å². The number of rotatable bonds is 4. The van der Waals surface area contributed by atoms with E-state index in [0.29, 0.717) is 33.0 Å². The molecule has 1 aliphatic rings. The zero-order valence-electron chi connectivity index (χ0n) is 17.3. The topological polar surface area (TPSA) is 67.0 Å². The molecule has 4 N–H and O–H groups in total. The number of ether oxygens (including phenoxy) is 1. The summed E-state index contributed by atoms with van der Waals surface area (Å²) < 4.78 is 5.38. The fourth-order valence-corrected chi connectivity index (χ4v) is 5.77. The van der Waals surface area contributed by atoms with Crippen molar-refractivity contribution in [3.8, 4) is 0 Å². The highest BCUT2D eigenvalue weighted by Crippen LogP contribution is 2.42. The third kappa shape index (κ3) is 4.74. The molecule has 3 rings (SSSR count). The van der Waals surface area contributed by atoms with Crippen LogP contribution in [0.4, 0.5) is 10.7 Å². The van der Waals surface area contributed by atoms with Gasteiger partial charge in [0.2, 0.25) is 0 Å². The summed E-state index contributed by atoms with van der Waals surface area (Å²) in [5.74, 6) is -0.318. The van der Waals surface area contributed by atoms with Crippen LogP contribution in [-0.4, -0.2) is 23.2 Å². The number of hydrogen-bond donors (Lipinski definition) is 3. The first-order chi connectivity index (χ1) is 13.5. The SMILES string of the molecule is CCOC(=O)c1c(NC(=S)Nc2ccccc2Cl)sc2c1CC(C)(C)[NH2+]C2(C)C. The molecule has 156 valence electrons. The number of halogens is 1. The van der Waals surface area contributed by atoms with Crippen LogP contribution in [-0.2, 0) is 16.7 Å². The number of anilines is 2. The number of nitrogens with one attached hydrogen (secondary N) is 2. The Balaban J connectivity index is 1.98. The fraction of sp³-hybridized carbons (Fsp3) is 0.429. The highest BCUT2D eigenvalue weighted by atomic mass is 35.5. The molecule has 0 saturated heterocycles. The van der Waals surface area contributed by atoms with Gasteiger partial charge in [-0.15, -0.1) is 11.3 Å². The summed E-state index contributed by atoms with van der Waals surface area (Å²) in [5, 5.41) is 10.3. The fourth-order valence-electron chi connectivity index (χ4n) is 4.03. The van der Waals surface area contributed by atoms with Gasteiger partial charge in [-0.05, 0) is 64.5 Å². The molecule has 2 heterocycles. The zero-order valence-corrected chi connectivity index (χ0v) is 19.7. The summed E-state index contributed by atoms with van der Waals surface area (Å²) in [6.45, 7) is 10.9. The van der Waals surface area contributed by atoms with Crippen LogP contribution >= 0.6 is 35.2 Å². The maximum absolute atomic E-state index is 12.9. The predicted octanol–water partition coefficient (Wildman–Crippen LogP) is 4.52. The van der Waals surface area contributed by atoms with Gasteiger partial charge in [-0.2, -0.15) is 0 Å². The molecule has 1 aliphatic heterocycles. The molecular weight excluding hydrogens is 426 g/mol. The van der Waals surface area contributed by atoms with Crippen LogP contribution in [0.3, 0.4) is 0 Å². The number of thiocarbonyl (C=S) groups is 1. The summed E-state index contributed by atoms with van der Waals surface area (Å²) in [7, 11) is 0. The number of thiophene rings is 1. The van der Waals surface area contributed by atoms with Gasteiger partial charge in [-0.3, -0.25) is 0 Å². The van der Waals surface area contributed by atoms with E-state index in [1.165, 1.54) is 4.88 Å². The summed E-state index contributed by atoms with van der Waals surface area (Å²) in [4.78, 5) is 14.0. The molecule has 0 spiro atoms. The number of fused-ring (bicyclic) bond motifs is 1. The average Bonchev–Trinajstić information content (AvgIpc) is 2.94. The van der Waals surface area contributed by atoms with Crippen molar-refractivity contribution in [1.29, 1.82) is 0 Å². The van der Waals surface area contributed by atoms with E-state index in [0.717, 1.165) is 12.0 Å². The van der Waals surface area contributed by atoms with Crippen molar-refractivity contribution >= 4 is 56.9 Å². The second-order valence-electron chi connectivity index (χ2n) is 8.42. The lowest BCUT2D eigenvalue weighted by atomic mass is 9.81. The van der Waals surface area contributed by atoms with Gasteiger partial charge in [0.25, 0.3) is 0 Å². The number of benzene rings is 1. The highest BCUT2D eigenvalue weighted by molar-refractivity contribution is 7.80. The van der Waals surface area contributed by atoms with Crippen LogP contribution in [0.25, 0.3) is 0 Å². The summed E-state index contributed by atoms with van der Waals surface area (Å²) >= 11 is 13.3. The van der Waals surface area contributed by atoms with E-state index in [1.807, 2.05) is 25.1 Å². The maximum atomic E-state index is 12.9. The lowest BCUT2D eigenvalue weighted by Gasteiger charge is -2.38. The maximum Gasteiger partial charge on any atom is 0.341 e. The lowest BCUT2D eigenvalue weighted by molar-refractivity contribution is -0.789. The third-order valence-electron chi connectivity index (χ3n) is 4.80. The van der Waals surface area contributed by atoms with Crippen molar-refractivity contribution in [3.63, 3.8) is 0 Å². The smallest absolute Gasteiger partial charge is 0.341 e. The van der Waals surface area contributed by atoms with Gasteiger partial charge < -0.3 is 20.7 Å². The number of esters is 1. The van der Waals surface area contributed by atoms with Crippen LogP contribution < -0.4 is 16.0 Å². The van der Waals surface area contributed by atoms with Gasteiger partial charge in [0, 0.05) is 6.42 Å². The number of quaternary nitrogens is 1. The van der Waals surface area contributed by atoms with Crippen molar-refractivity contribution in [3.05, 3.63) is 45.3 Å². The van der Waals surface area contributed by atoms with Crippen molar-refractivity contribution in [2.45, 2.75) is 52.1 Å². The Morgan fingerprint density at radius 2 is 1.97 bits per heavy atom. The molecule has 0 bridgehead atoms. The molecule has 0 radical (unpaired) electrons. The Labute approximate surface area is 186 Å². The first kappa shape index (κ1) is 22.0. The molecule has 0 unspecified atom stereocenters. The van der Waals surface area contributed by atoms with Gasteiger partial charge in [0.05, 0.1) is 33.3 Å². The monoisotopic (exact) mass is 452 g/mol. The molecular formula is C21H27ClN3O2S2+. The summed E-state index contributed by atoms with van der Waals surface area (Å²) in [6.07, 6.45) is 0.781. The van der Waals surface area contributed by atoms with Crippen LogP contribution in [0, 0.1) is 0 Å². The Hall–Kier alpha value is -1.67. The van der Waals surface area contributed by atoms with Crippen molar-refractivity contribution in [2.24, 2.45) is 0 Å². The van der Waals surface area contributed by atoms with Gasteiger partial charge >= 0.3 is 5.97 Å². The normalized spacial score (nSPS) is 16.6. The summed E-state index contributed by atoms with van der Waals surface area (Å²) in [5.41, 5.74) is 2.17. The first-order valence-electron chi connectivity index (χ1n) is 9.57. The second-order valence-corrected chi connectivity index (χ2v) is 10.3. The van der Waals surface area contributed by atoms with E-state index >= 15 is 0 Å². The second kappa shape index (κ2) is 8.22. The van der Waals surface area contributed by atoms with E-state index in [1.54, 1.807) is 17.4 Å². The van der Waals surface area contributed by atoms with Gasteiger partial charge in [-0.1, -0.05) is 23.7 Å². The number of para-hydroxylation sites is 1. The highest BCUT2D eigenvalue weighted by Gasteiger charge is 2.45. The van der Waals surface area contributed by atoms with Crippen LogP contribution in [0.1, 0.15) is 55.4 Å². The summed E-state index contributed by atoms with van der Waals surface area (Å²) in [6, 6.07) is 7.38. The number of hydrogen-bond acceptors (Lipinski definition) is 4. The Kier molecular flexibility index (Phi) is 6.24. The van der Waals surface area contributed by atoms with Crippen LogP contribution in [0.15, 0.2) is 24.3 Å². The molecule has 1 aromatic heterocycles. The number of nitrogens with two attached hydrogens (primary N) is 1. The molecule has 0 atom stereocenters. The molecule has 5 nitrogen and oxygen atoms in total. The van der Waals surface area contributed by atoms with Gasteiger partial charge in [0.15, 0.2) is 5.11 Å². The molecule has 2 aromatic rings. The largest absolute Gasteiger partial charge is 0.462 e.